The molecule has 126 valence electrons. The molecule has 0 fully saturated rings. The Balaban J connectivity index is 1.52. The molecule has 8 heteroatoms. The largest absolute Gasteiger partial charge is 0.334 e. The quantitative estimate of drug-likeness (QED) is 0.745. The highest BCUT2D eigenvalue weighted by atomic mass is 16.6. The number of hydrogen-bond acceptors (Lipinski definition) is 5. The fourth-order valence-corrected chi connectivity index (χ4v) is 2.57. The van der Waals surface area contributed by atoms with E-state index in [2.05, 4.69) is 30.5 Å². The molecule has 3 rings (SSSR count). The maximum atomic E-state index is 12.2. The molecule has 0 unspecified atom stereocenters. The fourth-order valence-electron chi connectivity index (χ4n) is 2.57. The van der Waals surface area contributed by atoms with Crippen molar-refractivity contribution >= 4 is 17.1 Å². The fraction of sp³-hybridized carbons (Fsp3) is 0.375. The summed E-state index contributed by atoms with van der Waals surface area (Å²) in [6.07, 6.45) is 0.772. The van der Waals surface area contributed by atoms with Crippen LogP contribution in [-0.2, 0) is 13.0 Å². The third kappa shape index (κ3) is 3.37. The Hall–Kier alpha value is -2.90. The summed E-state index contributed by atoms with van der Waals surface area (Å²) in [5.74, 6) is 0. The number of carbonyl (C=O) groups excluding carboxylic acids is 1. The van der Waals surface area contributed by atoms with Crippen molar-refractivity contribution in [2.24, 2.45) is 0 Å². The Labute approximate surface area is 139 Å². The van der Waals surface area contributed by atoms with Crippen molar-refractivity contribution in [2.45, 2.75) is 26.8 Å². The summed E-state index contributed by atoms with van der Waals surface area (Å²) in [6.45, 7) is 5.01. The third-order valence-electron chi connectivity index (χ3n) is 4.09. The van der Waals surface area contributed by atoms with Crippen LogP contribution in [0.2, 0.25) is 0 Å². The predicted octanol–water partition coefficient (Wildman–Crippen LogP) is 1.95. The van der Waals surface area contributed by atoms with Gasteiger partial charge in [0, 0.05) is 25.8 Å². The lowest BCUT2D eigenvalue weighted by Gasteiger charge is -2.18. The number of carbonyl (C=O) groups is 1. The molecule has 0 spiro atoms. The molecule has 0 aliphatic rings. The van der Waals surface area contributed by atoms with Gasteiger partial charge in [0.1, 0.15) is 11.0 Å². The highest BCUT2D eigenvalue weighted by Crippen LogP contribution is 2.12. The van der Waals surface area contributed by atoms with Crippen LogP contribution in [0, 0.1) is 13.8 Å². The number of aromatic nitrogens is 4. The summed E-state index contributed by atoms with van der Waals surface area (Å²) in [4.78, 5) is 13.9. The maximum absolute atomic E-state index is 12.2. The van der Waals surface area contributed by atoms with Crippen LogP contribution in [-0.4, -0.2) is 45.0 Å². The molecule has 8 nitrogen and oxygen atoms in total. The van der Waals surface area contributed by atoms with Crippen LogP contribution < -0.4 is 5.32 Å². The Morgan fingerprint density at radius 1 is 1.29 bits per heavy atom. The van der Waals surface area contributed by atoms with Gasteiger partial charge in [-0.25, -0.2) is 9.42 Å². The van der Waals surface area contributed by atoms with Crippen LogP contribution in [0.25, 0.3) is 11.0 Å². The van der Waals surface area contributed by atoms with Crippen LogP contribution >= 0.6 is 0 Å². The number of likely N-dealkylation sites (N-methyl/N-ethyl adjacent to an activating group) is 1. The molecule has 0 saturated carbocycles. The van der Waals surface area contributed by atoms with E-state index in [-0.39, 0.29) is 6.03 Å². The van der Waals surface area contributed by atoms with E-state index in [1.807, 2.05) is 32.0 Å². The van der Waals surface area contributed by atoms with Gasteiger partial charge in [0.25, 0.3) is 0 Å². The lowest BCUT2D eigenvalue weighted by Crippen LogP contribution is -2.38. The number of hydrogen-bond donors (Lipinski definition) is 2. The van der Waals surface area contributed by atoms with Gasteiger partial charge in [0.2, 0.25) is 0 Å². The predicted molar refractivity (Wildman–Crippen MR) is 88.4 cm³/mol. The summed E-state index contributed by atoms with van der Waals surface area (Å²) < 4.78 is 4.67. The van der Waals surface area contributed by atoms with Crippen LogP contribution in [0.1, 0.15) is 22.5 Å². The standard InChI is InChI=1S/C16H20N6O2/c1-10-13(11(2)19-18-10)6-7-22(3)16(23)17-9-12-4-5-14-15(8-12)21-24-20-14/h4-5,8H,6-7,9H2,1-3H3,(H,17,23)(H,18,19). The number of rotatable bonds is 5. The number of benzene rings is 1. The lowest BCUT2D eigenvalue weighted by molar-refractivity contribution is 0.209. The smallest absolute Gasteiger partial charge is 0.317 e. The molecule has 2 heterocycles. The number of nitrogens with zero attached hydrogens (tertiary/aromatic N) is 4. The Bertz CT molecular complexity index is 834. The zero-order valence-electron chi connectivity index (χ0n) is 14.0. The lowest BCUT2D eigenvalue weighted by atomic mass is 10.1. The van der Waals surface area contributed by atoms with Gasteiger partial charge in [0.05, 0.1) is 5.69 Å². The highest BCUT2D eigenvalue weighted by Gasteiger charge is 2.12. The molecule has 0 aliphatic heterocycles. The molecule has 1 aromatic carbocycles. The average Bonchev–Trinajstić information content (AvgIpc) is 3.17. The highest BCUT2D eigenvalue weighted by molar-refractivity contribution is 5.75. The second-order valence-corrected chi connectivity index (χ2v) is 5.83. The zero-order valence-corrected chi connectivity index (χ0v) is 14.0. The van der Waals surface area contributed by atoms with Gasteiger partial charge in [-0.2, -0.15) is 5.10 Å². The molecular formula is C16H20N6O2. The first-order valence-electron chi connectivity index (χ1n) is 7.75. The van der Waals surface area contributed by atoms with Crippen molar-refractivity contribution in [3.8, 4) is 0 Å². The van der Waals surface area contributed by atoms with Gasteiger partial charge < -0.3 is 10.2 Å². The number of H-pyrrole nitrogens is 1. The van der Waals surface area contributed by atoms with Crippen molar-refractivity contribution in [3.63, 3.8) is 0 Å². The molecule has 0 saturated heterocycles. The van der Waals surface area contributed by atoms with E-state index in [1.54, 1.807) is 11.9 Å². The topological polar surface area (TPSA) is 99.9 Å². The van der Waals surface area contributed by atoms with Gasteiger partial charge in [-0.05, 0) is 53.8 Å². The molecule has 24 heavy (non-hydrogen) atoms. The van der Waals surface area contributed by atoms with Crippen molar-refractivity contribution < 1.29 is 9.42 Å². The molecule has 2 aromatic heterocycles. The summed E-state index contributed by atoms with van der Waals surface area (Å²) in [5, 5.41) is 17.6. The summed E-state index contributed by atoms with van der Waals surface area (Å²) >= 11 is 0. The van der Waals surface area contributed by atoms with Crippen LogP contribution in [0.5, 0.6) is 0 Å². The second kappa shape index (κ2) is 6.69. The number of nitrogens with one attached hydrogen (secondary N) is 2. The molecule has 0 bridgehead atoms. The molecule has 0 radical (unpaired) electrons. The average molecular weight is 328 g/mol. The minimum Gasteiger partial charge on any atom is -0.334 e. The zero-order chi connectivity index (χ0) is 17.1. The van der Waals surface area contributed by atoms with E-state index in [0.717, 1.165) is 23.4 Å². The molecule has 3 aromatic rings. The van der Waals surface area contributed by atoms with Crippen molar-refractivity contribution in [1.29, 1.82) is 0 Å². The van der Waals surface area contributed by atoms with Crippen LogP contribution in [0.4, 0.5) is 4.79 Å². The van der Waals surface area contributed by atoms with Crippen molar-refractivity contribution in [2.75, 3.05) is 13.6 Å². The number of amides is 2. The van der Waals surface area contributed by atoms with Crippen LogP contribution in [0.3, 0.4) is 0 Å². The van der Waals surface area contributed by atoms with Crippen LogP contribution in [0.15, 0.2) is 22.8 Å². The van der Waals surface area contributed by atoms with E-state index < -0.39 is 0 Å². The van der Waals surface area contributed by atoms with E-state index in [4.69, 9.17) is 0 Å². The third-order valence-corrected chi connectivity index (χ3v) is 4.09. The van der Waals surface area contributed by atoms with Gasteiger partial charge in [0.15, 0.2) is 0 Å². The van der Waals surface area contributed by atoms with E-state index in [1.165, 1.54) is 5.56 Å². The number of aryl methyl sites for hydroxylation is 2. The summed E-state index contributed by atoms with van der Waals surface area (Å²) in [6, 6.07) is 5.45. The van der Waals surface area contributed by atoms with E-state index >= 15 is 0 Å². The van der Waals surface area contributed by atoms with E-state index in [9.17, 15) is 4.79 Å². The first-order valence-corrected chi connectivity index (χ1v) is 7.75. The Morgan fingerprint density at radius 3 is 2.83 bits per heavy atom. The second-order valence-electron chi connectivity index (χ2n) is 5.83. The molecular weight excluding hydrogens is 308 g/mol. The normalized spacial score (nSPS) is 11.0. The van der Waals surface area contributed by atoms with Gasteiger partial charge in [-0.1, -0.05) is 6.07 Å². The van der Waals surface area contributed by atoms with Gasteiger partial charge in [-0.3, -0.25) is 5.10 Å². The SMILES string of the molecule is Cc1n[nH]c(C)c1CCN(C)C(=O)NCc1ccc2nonc2c1. The summed E-state index contributed by atoms with van der Waals surface area (Å²) in [7, 11) is 1.78. The minimum absolute atomic E-state index is 0.118. The number of urea groups is 1. The van der Waals surface area contributed by atoms with Crippen molar-refractivity contribution in [1.82, 2.24) is 30.7 Å². The molecule has 2 amide bonds. The van der Waals surface area contributed by atoms with Gasteiger partial charge >= 0.3 is 6.03 Å². The Morgan fingerprint density at radius 2 is 2.08 bits per heavy atom. The number of aromatic amines is 1. The monoisotopic (exact) mass is 328 g/mol. The first kappa shape index (κ1) is 16.0. The van der Waals surface area contributed by atoms with E-state index in [0.29, 0.717) is 24.1 Å². The molecule has 0 aliphatic carbocycles. The Kier molecular flexibility index (Phi) is 4.45. The molecule has 0 atom stereocenters. The number of fused-ring (bicyclic) bond motifs is 1. The van der Waals surface area contributed by atoms with Crippen molar-refractivity contribution in [3.05, 3.63) is 40.7 Å². The maximum Gasteiger partial charge on any atom is 0.317 e. The summed E-state index contributed by atoms with van der Waals surface area (Å²) in [5.41, 5.74) is 5.53. The minimum atomic E-state index is -0.118. The first-order chi connectivity index (χ1) is 11.5. The molecule has 2 N–H and O–H groups in total. The van der Waals surface area contributed by atoms with Gasteiger partial charge in [-0.15, -0.1) is 0 Å².